The Morgan fingerprint density at radius 2 is 1.91 bits per heavy atom. The van der Waals surface area contributed by atoms with Gasteiger partial charge in [0.15, 0.2) is 0 Å². The molecule has 0 aliphatic carbocycles. The lowest BCUT2D eigenvalue weighted by Crippen LogP contribution is -2.48. The van der Waals surface area contributed by atoms with Gasteiger partial charge in [0.25, 0.3) is 5.91 Å². The summed E-state index contributed by atoms with van der Waals surface area (Å²) in [7, 11) is 5.35. The number of piperidine rings is 1. The topological polar surface area (TPSA) is 67.7 Å². The fourth-order valence-corrected chi connectivity index (χ4v) is 4.62. The minimum absolute atomic E-state index is 0.00600. The SMILES string of the molecule is COc1cccc(CC(C2CCN(C(=O)CC(C)(C)C)CC2)N(C)C(=O)c2ccn(C)n2)c1. The first-order valence-electron chi connectivity index (χ1n) is 11.7. The number of aryl methyl sites for hydroxylation is 1. The average molecular weight is 455 g/mol. The molecule has 1 aliphatic rings. The highest BCUT2D eigenvalue weighted by Gasteiger charge is 2.34. The number of methoxy groups -OCH3 is 1. The molecule has 1 aromatic heterocycles. The van der Waals surface area contributed by atoms with Crippen LogP contribution >= 0.6 is 0 Å². The Kier molecular flexibility index (Phi) is 7.82. The van der Waals surface area contributed by atoms with Gasteiger partial charge in [0.2, 0.25) is 5.91 Å². The molecule has 1 unspecified atom stereocenters. The van der Waals surface area contributed by atoms with Gasteiger partial charge >= 0.3 is 0 Å². The molecular formula is C26H38N4O3. The number of hydrogen-bond acceptors (Lipinski definition) is 4. The summed E-state index contributed by atoms with van der Waals surface area (Å²) in [6.45, 7) is 7.76. The Labute approximate surface area is 197 Å². The molecule has 7 heteroatoms. The van der Waals surface area contributed by atoms with Gasteiger partial charge in [-0.05, 0) is 54.4 Å². The van der Waals surface area contributed by atoms with Gasteiger partial charge in [-0.25, -0.2) is 0 Å². The lowest BCUT2D eigenvalue weighted by molar-refractivity contribution is -0.134. The molecule has 2 aromatic rings. The number of nitrogens with zero attached hydrogens (tertiary/aromatic N) is 4. The Balaban J connectivity index is 1.77. The monoisotopic (exact) mass is 454 g/mol. The zero-order valence-corrected chi connectivity index (χ0v) is 20.9. The number of likely N-dealkylation sites (tertiary alicyclic amines) is 1. The number of carbonyl (C=O) groups excluding carboxylic acids is 2. The van der Waals surface area contributed by atoms with E-state index in [4.69, 9.17) is 4.74 Å². The summed E-state index contributed by atoms with van der Waals surface area (Å²) in [6.07, 6.45) is 4.84. The van der Waals surface area contributed by atoms with Crippen molar-refractivity contribution in [2.75, 3.05) is 27.2 Å². The van der Waals surface area contributed by atoms with E-state index in [-0.39, 0.29) is 23.3 Å². The van der Waals surface area contributed by atoms with Crippen LogP contribution in [0.25, 0.3) is 0 Å². The van der Waals surface area contributed by atoms with E-state index >= 15 is 0 Å². The normalized spacial score (nSPS) is 15.9. The van der Waals surface area contributed by atoms with Crippen LogP contribution in [-0.2, 0) is 18.3 Å². The molecule has 0 radical (unpaired) electrons. The van der Waals surface area contributed by atoms with Crippen molar-refractivity contribution in [1.29, 1.82) is 0 Å². The summed E-state index contributed by atoms with van der Waals surface area (Å²) >= 11 is 0. The molecule has 3 rings (SSSR count). The van der Waals surface area contributed by atoms with E-state index in [1.807, 2.05) is 42.1 Å². The minimum atomic E-state index is -0.0743. The Hall–Kier alpha value is -2.83. The van der Waals surface area contributed by atoms with E-state index in [2.05, 4.69) is 31.9 Å². The molecule has 2 amide bonds. The van der Waals surface area contributed by atoms with E-state index in [0.29, 0.717) is 18.0 Å². The van der Waals surface area contributed by atoms with Crippen LogP contribution in [0.15, 0.2) is 36.5 Å². The van der Waals surface area contributed by atoms with Crippen molar-refractivity contribution < 1.29 is 14.3 Å². The molecule has 180 valence electrons. The van der Waals surface area contributed by atoms with E-state index < -0.39 is 0 Å². The van der Waals surface area contributed by atoms with E-state index in [1.165, 1.54) is 0 Å². The molecule has 0 saturated carbocycles. The quantitative estimate of drug-likeness (QED) is 0.638. The molecular weight excluding hydrogens is 416 g/mol. The number of carbonyl (C=O) groups is 2. The van der Waals surface area contributed by atoms with Gasteiger partial charge in [0, 0.05) is 45.8 Å². The summed E-state index contributed by atoms with van der Waals surface area (Å²) < 4.78 is 7.05. The highest BCUT2D eigenvalue weighted by molar-refractivity contribution is 5.92. The third-order valence-corrected chi connectivity index (χ3v) is 6.45. The zero-order chi connectivity index (χ0) is 24.2. The highest BCUT2D eigenvalue weighted by atomic mass is 16.5. The second kappa shape index (κ2) is 10.4. The molecule has 7 nitrogen and oxygen atoms in total. The molecule has 0 N–H and O–H groups in total. The number of amides is 2. The number of likely N-dealkylation sites (N-methyl/N-ethyl adjacent to an activating group) is 1. The van der Waals surface area contributed by atoms with Crippen LogP contribution in [0.1, 0.15) is 56.1 Å². The molecule has 1 saturated heterocycles. The predicted octanol–water partition coefficient (Wildman–Crippen LogP) is 3.79. The van der Waals surface area contributed by atoms with Gasteiger partial charge in [0.05, 0.1) is 7.11 Å². The highest BCUT2D eigenvalue weighted by Crippen LogP contribution is 2.29. The first-order valence-corrected chi connectivity index (χ1v) is 11.7. The molecule has 0 spiro atoms. The van der Waals surface area contributed by atoms with Gasteiger partial charge in [-0.2, -0.15) is 5.10 Å². The Bertz CT molecular complexity index is 954. The van der Waals surface area contributed by atoms with Crippen molar-refractivity contribution in [2.24, 2.45) is 18.4 Å². The second-order valence-corrected chi connectivity index (χ2v) is 10.4. The average Bonchev–Trinajstić information content (AvgIpc) is 3.22. The molecule has 1 aromatic carbocycles. The largest absolute Gasteiger partial charge is 0.497 e. The van der Waals surface area contributed by atoms with Gasteiger partial charge in [-0.15, -0.1) is 0 Å². The molecule has 1 atom stereocenters. The number of ether oxygens (including phenoxy) is 1. The van der Waals surface area contributed by atoms with Crippen LogP contribution in [0, 0.1) is 11.3 Å². The van der Waals surface area contributed by atoms with E-state index in [1.54, 1.807) is 24.1 Å². The maximum absolute atomic E-state index is 13.2. The lowest BCUT2D eigenvalue weighted by atomic mass is 9.84. The molecule has 33 heavy (non-hydrogen) atoms. The third kappa shape index (κ3) is 6.59. The Morgan fingerprint density at radius 1 is 1.21 bits per heavy atom. The number of rotatable bonds is 7. The smallest absolute Gasteiger partial charge is 0.274 e. The summed E-state index contributed by atoms with van der Waals surface area (Å²) in [5, 5.41) is 4.32. The van der Waals surface area contributed by atoms with Gasteiger partial charge in [0.1, 0.15) is 11.4 Å². The molecule has 0 bridgehead atoms. The summed E-state index contributed by atoms with van der Waals surface area (Å²) in [5.41, 5.74) is 1.57. The lowest BCUT2D eigenvalue weighted by Gasteiger charge is -2.40. The van der Waals surface area contributed by atoms with Gasteiger partial charge in [-0.3, -0.25) is 14.3 Å². The maximum atomic E-state index is 13.2. The zero-order valence-electron chi connectivity index (χ0n) is 20.9. The van der Waals surface area contributed by atoms with Crippen molar-refractivity contribution in [2.45, 2.75) is 52.5 Å². The first kappa shape index (κ1) is 24.8. The van der Waals surface area contributed by atoms with Crippen molar-refractivity contribution in [3.8, 4) is 5.75 Å². The fraction of sp³-hybridized carbons (Fsp3) is 0.577. The number of benzene rings is 1. The van der Waals surface area contributed by atoms with E-state index in [0.717, 1.165) is 43.7 Å². The molecule has 2 heterocycles. The van der Waals surface area contributed by atoms with Crippen LogP contribution in [-0.4, -0.2) is 64.7 Å². The van der Waals surface area contributed by atoms with Crippen molar-refractivity contribution in [1.82, 2.24) is 19.6 Å². The Morgan fingerprint density at radius 3 is 2.48 bits per heavy atom. The van der Waals surface area contributed by atoms with E-state index in [9.17, 15) is 9.59 Å². The number of aromatic nitrogens is 2. The van der Waals surface area contributed by atoms with Gasteiger partial charge < -0.3 is 14.5 Å². The fourth-order valence-electron chi connectivity index (χ4n) is 4.62. The van der Waals surface area contributed by atoms with Crippen molar-refractivity contribution >= 4 is 11.8 Å². The minimum Gasteiger partial charge on any atom is -0.497 e. The molecule has 1 aliphatic heterocycles. The molecule has 1 fully saturated rings. The van der Waals surface area contributed by atoms with Crippen LogP contribution in [0.2, 0.25) is 0 Å². The summed E-state index contributed by atoms with van der Waals surface area (Å²) in [6, 6.07) is 9.80. The second-order valence-electron chi connectivity index (χ2n) is 10.4. The third-order valence-electron chi connectivity index (χ3n) is 6.45. The predicted molar refractivity (Wildman–Crippen MR) is 129 cm³/mol. The summed E-state index contributed by atoms with van der Waals surface area (Å²) in [4.78, 5) is 29.8. The van der Waals surface area contributed by atoms with Crippen LogP contribution in [0.4, 0.5) is 0 Å². The van der Waals surface area contributed by atoms with Crippen molar-refractivity contribution in [3.63, 3.8) is 0 Å². The van der Waals surface area contributed by atoms with Crippen LogP contribution in [0.3, 0.4) is 0 Å². The summed E-state index contributed by atoms with van der Waals surface area (Å²) in [5.74, 6) is 1.26. The van der Waals surface area contributed by atoms with Crippen molar-refractivity contribution in [3.05, 3.63) is 47.8 Å². The standard InChI is InChI=1S/C26H38N4O3/c1-26(2,3)18-24(31)30-14-10-20(11-15-30)23(17-19-8-7-9-21(16-19)33-6)29(5)25(32)22-12-13-28(4)27-22/h7-9,12-13,16,20,23H,10-11,14-15,17-18H2,1-6H3. The van der Waals surface area contributed by atoms with Crippen LogP contribution in [0.5, 0.6) is 5.75 Å². The van der Waals surface area contributed by atoms with Crippen LogP contribution < -0.4 is 4.74 Å². The van der Waals surface area contributed by atoms with Gasteiger partial charge in [-0.1, -0.05) is 32.9 Å². The maximum Gasteiger partial charge on any atom is 0.274 e. The number of hydrogen-bond donors (Lipinski definition) is 0. The first-order chi connectivity index (χ1) is 15.6.